The fraction of sp³-hybridized carbons (Fsp3) is 0.556. The van der Waals surface area contributed by atoms with Gasteiger partial charge in [0.15, 0.2) is 0 Å². The van der Waals surface area contributed by atoms with Crippen LogP contribution in [0.2, 0.25) is 5.02 Å². The number of aryl methyl sites for hydroxylation is 1. The van der Waals surface area contributed by atoms with Crippen LogP contribution in [0.3, 0.4) is 0 Å². The molecule has 0 radical (unpaired) electrons. The number of aromatic nitrogens is 2. The molecule has 70 valence electrons. The molecule has 1 heterocycles. The largest absolute Gasteiger partial charge is 0.268 e. The predicted molar refractivity (Wildman–Crippen MR) is 51.4 cm³/mol. The van der Waals surface area contributed by atoms with Crippen LogP contribution in [-0.4, -0.2) is 9.78 Å². The summed E-state index contributed by atoms with van der Waals surface area (Å²) >= 11 is 5.83. The van der Waals surface area contributed by atoms with Crippen LogP contribution in [0.25, 0.3) is 0 Å². The molecule has 1 aromatic heterocycles. The first-order valence-electron chi connectivity index (χ1n) is 4.30. The second kappa shape index (κ2) is 4.88. The van der Waals surface area contributed by atoms with Gasteiger partial charge in [-0.2, -0.15) is 10.4 Å². The Morgan fingerprint density at radius 2 is 2.38 bits per heavy atom. The molecule has 0 atom stereocenters. The zero-order chi connectivity index (χ0) is 9.68. The first kappa shape index (κ1) is 10.1. The number of nitrogens with zero attached hydrogens (tertiary/aromatic N) is 3. The Morgan fingerprint density at radius 3 is 2.92 bits per heavy atom. The molecule has 0 N–H and O–H groups in total. The van der Waals surface area contributed by atoms with Gasteiger partial charge in [0.25, 0.3) is 0 Å². The van der Waals surface area contributed by atoms with E-state index in [1.54, 1.807) is 6.20 Å². The highest BCUT2D eigenvalue weighted by Crippen LogP contribution is 2.13. The van der Waals surface area contributed by atoms with E-state index < -0.39 is 0 Å². The third-order valence-electron chi connectivity index (χ3n) is 1.95. The number of rotatable bonds is 4. The van der Waals surface area contributed by atoms with Crippen LogP contribution in [0.15, 0.2) is 6.20 Å². The molecule has 0 aromatic carbocycles. The van der Waals surface area contributed by atoms with Crippen LogP contribution in [0, 0.1) is 18.3 Å². The van der Waals surface area contributed by atoms with Gasteiger partial charge in [0.05, 0.1) is 23.0 Å². The van der Waals surface area contributed by atoms with Crippen LogP contribution in [-0.2, 0) is 6.54 Å². The summed E-state index contributed by atoms with van der Waals surface area (Å²) in [7, 11) is 0. The van der Waals surface area contributed by atoms with Gasteiger partial charge in [-0.05, 0) is 19.8 Å². The first-order valence-corrected chi connectivity index (χ1v) is 4.68. The maximum Gasteiger partial charge on any atom is 0.0814 e. The van der Waals surface area contributed by atoms with Gasteiger partial charge in [-0.3, -0.25) is 4.68 Å². The van der Waals surface area contributed by atoms with Crippen molar-refractivity contribution >= 4 is 11.6 Å². The van der Waals surface area contributed by atoms with Crippen molar-refractivity contribution in [2.45, 2.75) is 32.7 Å². The zero-order valence-electron chi connectivity index (χ0n) is 7.63. The minimum Gasteiger partial charge on any atom is -0.268 e. The molecule has 0 aliphatic carbocycles. The summed E-state index contributed by atoms with van der Waals surface area (Å²) in [6.07, 6.45) is 4.18. The molecule has 0 amide bonds. The van der Waals surface area contributed by atoms with E-state index in [4.69, 9.17) is 16.9 Å². The van der Waals surface area contributed by atoms with Crippen LogP contribution in [0.1, 0.15) is 25.0 Å². The van der Waals surface area contributed by atoms with Gasteiger partial charge in [0.1, 0.15) is 0 Å². The monoisotopic (exact) mass is 197 g/mol. The molecule has 4 heteroatoms. The quantitative estimate of drug-likeness (QED) is 0.697. The highest BCUT2D eigenvalue weighted by atomic mass is 35.5. The van der Waals surface area contributed by atoms with Crippen LogP contribution < -0.4 is 0 Å². The van der Waals surface area contributed by atoms with Crippen molar-refractivity contribution in [2.75, 3.05) is 0 Å². The van der Waals surface area contributed by atoms with E-state index in [-0.39, 0.29) is 0 Å². The fourth-order valence-corrected chi connectivity index (χ4v) is 1.26. The fourth-order valence-electron chi connectivity index (χ4n) is 1.11. The molecule has 0 bridgehead atoms. The van der Waals surface area contributed by atoms with E-state index in [2.05, 4.69) is 11.2 Å². The molecule has 0 spiro atoms. The number of nitriles is 1. The number of unbranched alkanes of at least 4 members (excludes halogenated alkanes) is 2. The summed E-state index contributed by atoms with van der Waals surface area (Å²) in [5, 5.41) is 13.2. The van der Waals surface area contributed by atoms with Crippen LogP contribution in [0.5, 0.6) is 0 Å². The second-order valence-corrected chi connectivity index (χ2v) is 3.32. The van der Waals surface area contributed by atoms with Gasteiger partial charge in [0.2, 0.25) is 0 Å². The molecule has 0 aliphatic heterocycles. The number of hydrogen-bond donors (Lipinski definition) is 0. The van der Waals surface area contributed by atoms with Crippen molar-refractivity contribution < 1.29 is 0 Å². The van der Waals surface area contributed by atoms with Gasteiger partial charge in [0, 0.05) is 13.0 Å². The van der Waals surface area contributed by atoms with E-state index in [0.717, 1.165) is 25.1 Å². The minimum atomic E-state index is 0.619. The lowest BCUT2D eigenvalue weighted by Crippen LogP contribution is -2.01. The number of hydrogen-bond acceptors (Lipinski definition) is 2. The molecular weight excluding hydrogens is 186 g/mol. The van der Waals surface area contributed by atoms with Gasteiger partial charge >= 0.3 is 0 Å². The minimum absolute atomic E-state index is 0.619. The molecular formula is C9H12ClN3. The zero-order valence-corrected chi connectivity index (χ0v) is 8.38. The Balaban J connectivity index is 2.38. The molecule has 13 heavy (non-hydrogen) atoms. The molecule has 0 fully saturated rings. The van der Waals surface area contributed by atoms with Crippen molar-refractivity contribution in [2.24, 2.45) is 0 Å². The van der Waals surface area contributed by atoms with Gasteiger partial charge < -0.3 is 0 Å². The molecule has 0 saturated heterocycles. The van der Waals surface area contributed by atoms with E-state index in [9.17, 15) is 0 Å². The van der Waals surface area contributed by atoms with Crippen molar-refractivity contribution in [1.29, 1.82) is 5.26 Å². The Kier molecular flexibility index (Phi) is 3.78. The maximum absolute atomic E-state index is 8.33. The topological polar surface area (TPSA) is 41.6 Å². The highest BCUT2D eigenvalue weighted by Gasteiger charge is 2.02. The molecule has 0 unspecified atom stereocenters. The van der Waals surface area contributed by atoms with Gasteiger partial charge in [-0.25, -0.2) is 0 Å². The van der Waals surface area contributed by atoms with Crippen molar-refractivity contribution in [3.8, 4) is 6.07 Å². The van der Waals surface area contributed by atoms with E-state index in [0.29, 0.717) is 11.4 Å². The summed E-state index contributed by atoms with van der Waals surface area (Å²) in [5.74, 6) is 0. The predicted octanol–water partition coefficient (Wildman–Crippen LogP) is 2.54. The van der Waals surface area contributed by atoms with E-state index in [1.165, 1.54) is 0 Å². The Bertz CT molecular complexity index is 311. The van der Waals surface area contributed by atoms with Gasteiger partial charge in [-0.15, -0.1) is 0 Å². The molecule has 3 nitrogen and oxygen atoms in total. The summed E-state index contributed by atoms with van der Waals surface area (Å²) in [6, 6.07) is 2.12. The third kappa shape index (κ3) is 2.74. The van der Waals surface area contributed by atoms with E-state index in [1.807, 2.05) is 11.6 Å². The lowest BCUT2D eigenvalue weighted by atomic mass is 10.2. The maximum atomic E-state index is 8.33. The SMILES string of the molecule is Cc1c(Cl)cnn1CCCCC#N. The lowest BCUT2D eigenvalue weighted by molar-refractivity contribution is 0.550. The van der Waals surface area contributed by atoms with Crippen LogP contribution >= 0.6 is 11.6 Å². The van der Waals surface area contributed by atoms with Crippen molar-refractivity contribution in [1.82, 2.24) is 9.78 Å². The summed E-state index contributed by atoms with van der Waals surface area (Å²) in [5.41, 5.74) is 0.999. The molecule has 1 aromatic rings. The normalized spacial score (nSPS) is 9.92. The molecule has 0 saturated carbocycles. The second-order valence-electron chi connectivity index (χ2n) is 2.92. The number of halogens is 1. The Hall–Kier alpha value is -1.01. The summed E-state index contributed by atoms with van der Waals surface area (Å²) < 4.78 is 1.87. The smallest absolute Gasteiger partial charge is 0.0814 e. The summed E-state index contributed by atoms with van der Waals surface area (Å²) in [4.78, 5) is 0. The Labute approximate surface area is 82.9 Å². The summed E-state index contributed by atoms with van der Waals surface area (Å²) in [6.45, 7) is 2.79. The first-order chi connectivity index (χ1) is 6.25. The molecule has 0 aliphatic rings. The average Bonchev–Trinajstić information content (AvgIpc) is 2.43. The average molecular weight is 198 g/mol. The van der Waals surface area contributed by atoms with Crippen molar-refractivity contribution in [3.63, 3.8) is 0 Å². The van der Waals surface area contributed by atoms with Crippen molar-refractivity contribution in [3.05, 3.63) is 16.9 Å². The third-order valence-corrected chi connectivity index (χ3v) is 2.32. The van der Waals surface area contributed by atoms with Crippen LogP contribution in [0.4, 0.5) is 0 Å². The van der Waals surface area contributed by atoms with Gasteiger partial charge in [-0.1, -0.05) is 11.6 Å². The molecule has 1 rings (SSSR count). The highest BCUT2D eigenvalue weighted by molar-refractivity contribution is 6.31. The lowest BCUT2D eigenvalue weighted by Gasteiger charge is -2.02. The van der Waals surface area contributed by atoms with E-state index >= 15 is 0 Å². The Morgan fingerprint density at radius 1 is 1.62 bits per heavy atom. The standard InChI is InChI=1S/C9H12ClN3/c1-8-9(10)7-12-13(8)6-4-2-3-5-11/h7H,2-4,6H2,1H3.